The number of nitrogens with zero attached hydrogens (tertiary/aromatic N) is 1. The van der Waals surface area contributed by atoms with Crippen molar-refractivity contribution in [1.82, 2.24) is 4.90 Å². The van der Waals surface area contributed by atoms with Gasteiger partial charge in [0.1, 0.15) is 6.61 Å². The molecule has 0 aromatic rings. The molecule has 0 bridgehead atoms. The normalized spacial score (nSPS) is 27.9. The average Bonchev–Trinajstić information content (AvgIpc) is 2.65. The molecule has 2 saturated carbocycles. The molecule has 0 radical (unpaired) electrons. The van der Waals surface area contributed by atoms with Crippen LogP contribution in [0.15, 0.2) is 0 Å². The minimum atomic E-state index is -1.26. The van der Waals surface area contributed by atoms with E-state index in [1.54, 1.807) is 0 Å². The number of esters is 1. The maximum atomic E-state index is 13.0. The Morgan fingerprint density at radius 2 is 1.56 bits per heavy atom. The van der Waals surface area contributed by atoms with Crippen LogP contribution in [0.3, 0.4) is 0 Å². The van der Waals surface area contributed by atoms with E-state index < -0.39 is 5.60 Å². The molecule has 0 aromatic heterocycles. The van der Waals surface area contributed by atoms with Gasteiger partial charge in [-0.15, -0.1) is 0 Å². The number of rotatable bonds is 8. The quantitative estimate of drug-likeness (QED) is 0.670. The van der Waals surface area contributed by atoms with Crippen LogP contribution in [-0.4, -0.2) is 47.8 Å². The van der Waals surface area contributed by atoms with Crippen molar-refractivity contribution in [1.29, 1.82) is 0 Å². The summed E-state index contributed by atoms with van der Waals surface area (Å²) in [7, 11) is 0. The van der Waals surface area contributed by atoms with E-state index in [-0.39, 0.29) is 17.8 Å². The maximum absolute atomic E-state index is 13.0. The van der Waals surface area contributed by atoms with Crippen molar-refractivity contribution in [3.05, 3.63) is 0 Å². The van der Waals surface area contributed by atoms with Crippen molar-refractivity contribution in [2.75, 3.05) is 26.2 Å². The molecule has 0 aromatic carbocycles. The Kier molecular flexibility index (Phi) is 8.21. The summed E-state index contributed by atoms with van der Waals surface area (Å²) in [6.07, 6.45) is 9.57. The van der Waals surface area contributed by atoms with Crippen LogP contribution < -0.4 is 0 Å². The predicted octanol–water partition coefficient (Wildman–Crippen LogP) is 4.01. The number of aliphatic hydroxyl groups is 1. The van der Waals surface area contributed by atoms with E-state index >= 15 is 0 Å². The van der Waals surface area contributed by atoms with Gasteiger partial charge < -0.3 is 14.7 Å². The second-order valence-corrected chi connectivity index (χ2v) is 8.28. The first-order chi connectivity index (χ1) is 12.0. The minimum Gasteiger partial charge on any atom is -0.462 e. The van der Waals surface area contributed by atoms with Crippen molar-refractivity contribution in [2.45, 2.75) is 84.2 Å². The second-order valence-electron chi connectivity index (χ2n) is 8.28. The number of likely N-dealkylation sites (N-methyl/N-ethyl adjacent to an activating group) is 1. The van der Waals surface area contributed by atoms with Gasteiger partial charge in [-0.05, 0) is 56.5 Å². The van der Waals surface area contributed by atoms with E-state index in [1.165, 1.54) is 6.42 Å². The first kappa shape index (κ1) is 20.7. The molecule has 2 aliphatic rings. The number of hydrogen-bond acceptors (Lipinski definition) is 4. The summed E-state index contributed by atoms with van der Waals surface area (Å²) in [5, 5.41) is 11.6. The van der Waals surface area contributed by atoms with Crippen molar-refractivity contribution >= 4 is 5.97 Å². The molecule has 2 aliphatic carbocycles. The Bertz CT molecular complexity index is 396. The van der Waals surface area contributed by atoms with Crippen molar-refractivity contribution in [3.8, 4) is 0 Å². The SMILES string of the molecule is CCN(CC)CCOC(=O)C(O)(C1CCCCC1)C1CCC(C)CC1. The number of carbonyl (C=O) groups excluding carboxylic acids is 1. The van der Waals surface area contributed by atoms with Crippen LogP contribution in [0, 0.1) is 17.8 Å². The molecule has 0 heterocycles. The molecule has 0 saturated heterocycles. The van der Waals surface area contributed by atoms with Crippen LogP contribution in [0.2, 0.25) is 0 Å². The lowest BCUT2D eigenvalue weighted by atomic mass is 9.65. The summed E-state index contributed by atoms with van der Waals surface area (Å²) < 4.78 is 5.64. The molecule has 25 heavy (non-hydrogen) atoms. The fourth-order valence-corrected chi connectivity index (χ4v) is 4.83. The van der Waals surface area contributed by atoms with Gasteiger partial charge in [-0.1, -0.05) is 52.9 Å². The lowest BCUT2D eigenvalue weighted by Gasteiger charge is -2.44. The highest BCUT2D eigenvalue weighted by atomic mass is 16.5. The van der Waals surface area contributed by atoms with Gasteiger partial charge in [0, 0.05) is 6.54 Å². The third-order valence-electron chi connectivity index (χ3n) is 6.73. The molecule has 2 fully saturated rings. The van der Waals surface area contributed by atoms with Gasteiger partial charge in [0.25, 0.3) is 0 Å². The summed E-state index contributed by atoms with van der Waals surface area (Å²) in [6.45, 7) is 9.57. The van der Waals surface area contributed by atoms with Crippen LogP contribution in [0.4, 0.5) is 0 Å². The molecule has 0 aliphatic heterocycles. The summed E-state index contributed by atoms with van der Waals surface area (Å²) in [5.41, 5.74) is -1.26. The third kappa shape index (κ3) is 5.19. The number of ether oxygens (including phenoxy) is 1. The Morgan fingerprint density at radius 1 is 1.00 bits per heavy atom. The second kappa shape index (κ2) is 9.91. The Balaban J connectivity index is 2.03. The highest BCUT2D eigenvalue weighted by Gasteiger charge is 2.51. The molecule has 2 rings (SSSR count). The van der Waals surface area contributed by atoms with E-state index in [9.17, 15) is 9.90 Å². The van der Waals surface area contributed by atoms with Crippen LogP contribution in [0.5, 0.6) is 0 Å². The monoisotopic (exact) mass is 353 g/mol. The van der Waals surface area contributed by atoms with Crippen molar-refractivity contribution in [2.24, 2.45) is 17.8 Å². The van der Waals surface area contributed by atoms with Gasteiger partial charge in [-0.3, -0.25) is 0 Å². The van der Waals surface area contributed by atoms with E-state index in [4.69, 9.17) is 4.74 Å². The summed E-state index contributed by atoms with van der Waals surface area (Å²) in [5.74, 6) is 0.532. The Hall–Kier alpha value is -0.610. The van der Waals surface area contributed by atoms with Gasteiger partial charge in [-0.25, -0.2) is 4.79 Å². The zero-order valence-electron chi connectivity index (χ0n) is 16.6. The molecule has 1 atom stereocenters. The highest BCUT2D eigenvalue weighted by Crippen LogP contribution is 2.44. The first-order valence-electron chi connectivity index (χ1n) is 10.6. The van der Waals surface area contributed by atoms with E-state index in [0.29, 0.717) is 12.5 Å². The van der Waals surface area contributed by atoms with Crippen molar-refractivity contribution in [3.63, 3.8) is 0 Å². The molecule has 4 nitrogen and oxygen atoms in total. The van der Waals surface area contributed by atoms with Gasteiger partial charge in [0.2, 0.25) is 0 Å². The van der Waals surface area contributed by atoms with Crippen LogP contribution in [0.1, 0.15) is 78.6 Å². The van der Waals surface area contributed by atoms with Gasteiger partial charge in [-0.2, -0.15) is 0 Å². The number of hydrogen-bond donors (Lipinski definition) is 1. The van der Waals surface area contributed by atoms with E-state index in [1.807, 2.05) is 0 Å². The van der Waals surface area contributed by atoms with Gasteiger partial charge in [0.15, 0.2) is 5.60 Å². The minimum absolute atomic E-state index is 0.0766. The van der Waals surface area contributed by atoms with Gasteiger partial charge in [0.05, 0.1) is 0 Å². The van der Waals surface area contributed by atoms with Crippen molar-refractivity contribution < 1.29 is 14.6 Å². The molecule has 1 unspecified atom stereocenters. The molecule has 146 valence electrons. The first-order valence-corrected chi connectivity index (χ1v) is 10.6. The maximum Gasteiger partial charge on any atom is 0.338 e. The fourth-order valence-electron chi connectivity index (χ4n) is 4.83. The summed E-state index contributed by atoms with van der Waals surface area (Å²) in [4.78, 5) is 15.3. The Morgan fingerprint density at radius 3 is 2.12 bits per heavy atom. The van der Waals surface area contributed by atoms with Crippen LogP contribution >= 0.6 is 0 Å². The average molecular weight is 354 g/mol. The number of carbonyl (C=O) groups is 1. The van der Waals surface area contributed by atoms with Crippen LogP contribution in [0.25, 0.3) is 0 Å². The molecule has 0 amide bonds. The zero-order chi connectivity index (χ0) is 18.3. The largest absolute Gasteiger partial charge is 0.462 e. The van der Waals surface area contributed by atoms with Crippen LogP contribution in [-0.2, 0) is 9.53 Å². The zero-order valence-corrected chi connectivity index (χ0v) is 16.6. The predicted molar refractivity (Wildman–Crippen MR) is 101 cm³/mol. The molecule has 1 N–H and O–H groups in total. The smallest absolute Gasteiger partial charge is 0.338 e. The molecular weight excluding hydrogens is 314 g/mol. The highest BCUT2D eigenvalue weighted by molar-refractivity contribution is 5.80. The standard InChI is InChI=1S/C21H39NO3/c1-4-22(5-2)15-16-25-20(23)21(24,18-9-7-6-8-10-18)19-13-11-17(3)12-14-19/h17-19,24H,4-16H2,1-3H3. The van der Waals surface area contributed by atoms with Gasteiger partial charge >= 0.3 is 5.97 Å². The topological polar surface area (TPSA) is 49.8 Å². The third-order valence-corrected chi connectivity index (χ3v) is 6.73. The molecular formula is C21H39NO3. The van der Waals surface area contributed by atoms with E-state index in [0.717, 1.165) is 71.0 Å². The Labute approximate surface area is 154 Å². The lowest BCUT2D eigenvalue weighted by molar-refractivity contribution is -0.185. The molecule has 0 spiro atoms. The lowest BCUT2D eigenvalue weighted by Crippen LogP contribution is -2.54. The summed E-state index contributed by atoms with van der Waals surface area (Å²) >= 11 is 0. The molecule has 4 heteroatoms. The van der Waals surface area contributed by atoms with E-state index in [2.05, 4.69) is 25.7 Å². The summed E-state index contributed by atoms with van der Waals surface area (Å²) in [6, 6.07) is 0. The fraction of sp³-hybridized carbons (Fsp3) is 0.952.